The number of allylic oxidation sites excluding steroid dienone is 2. The summed E-state index contributed by atoms with van der Waals surface area (Å²) in [7, 11) is 0. The van der Waals surface area contributed by atoms with Gasteiger partial charge in [-0.2, -0.15) is 0 Å². The summed E-state index contributed by atoms with van der Waals surface area (Å²) in [6.07, 6.45) is 10.2. The second-order valence-corrected chi connectivity index (χ2v) is 16.0. The topological polar surface area (TPSA) is 40.5 Å². The van der Waals surface area contributed by atoms with Crippen LogP contribution < -0.4 is 0 Å². The molecule has 2 N–H and O–H groups in total. The third-order valence-corrected chi connectivity index (χ3v) is 12.5. The molecule has 0 spiro atoms. The lowest BCUT2D eigenvalue weighted by Gasteiger charge is -2.48. The summed E-state index contributed by atoms with van der Waals surface area (Å²) in [6, 6.07) is 30.8. The Morgan fingerprint density at radius 2 is 1.51 bits per heavy atom. The lowest BCUT2D eigenvalue weighted by molar-refractivity contribution is 0.0247. The van der Waals surface area contributed by atoms with E-state index in [4.69, 9.17) is 23.2 Å². The number of benzene rings is 4. The average molecular weight is 692 g/mol. The molecule has 0 heterocycles. The van der Waals surface area contributed by atoms with Crippen molar-refractivity contribution in [3.63, 3.8) is 0 Å². The van der Waals surface area contributed by atoms with Crippen LogP contribution in [0, 0.1) is 23.7 Å². The number of halogens is 2. The molecule has 3 aliphatic carbocycles. The van der Waals surface area contributed by atoms with Crippen LogP contribution in [0.3, 0.4) is 0 Å². The van der Waals surface area contributed by atoms with Crippen LogP contribution in [-0.4, -0.2) is 10.2 Å². The van der Waals surface area contributed by atoms with Gasteiger partial charge in [0.25, 0.3) is 0 Å². The van der Waals surface area contributed by atoms with Gasteiger partial charge in [0.1, 0.15) is 11.2 Å². The van der Waals surface area contributed by atoms with Crippen molar-refractivity contribution in [2.75, 3.05) is 0 Å². The van der Waals surface area contributed by atoms with Gasteiger partial charge in [0, 0.05) is 15.6 Å². The normalized spacial score (nSPS) is 28.0. The van der Waals surface area contributed by atoms with Gasteiger partial charge >= 0.3 is 0 Å². The minimum absolute atomic E-state index is 0.171. The molecule has 1 saturated carbocycles. The van der Waals surface area contributed by atoms with Crippen molar-refractivity contribution in [1.82, 2.24) is 0 Å². The summed E-state index contributed by atoms with van der Waals surface area (Å²) in [6.45, 7) is 8.80. The first-order valence-corrected chi connectivity index (χ1v) is 18.9. The molecule has 4 aromatic carbocycles. The van der Waals surface area contributed by atoms with Crippen molar-refractivity contribution >= 4 is 23.2 Å². The van der Waals surface area contributed by atoms with E-state index in [1.807, 2.05) is 55.5 Å². The molecule has 0 amide bonds. The van der Waals surface area contributed by atoms with E-state index in [2.05, 4.69) is 75.4 Å². The number of aliphatic hydroxyl groups is 2. The molecule has 1 fully saturated rings. The second kappa shape index (κ2) is 13.5. The number of rotatable bonds is 7. The van der Waals surface area contributed by atoms with Crippen molar-refractivity contribution in [2.45, 2.75) is 83.3 Å². The largest absolute Gasteiger partial charge is 0.381 e. The highest BCUT2D eigenvalue weighted by Gasteiger charge is 2.47. The third kappa shape index (κ3) is 6.25. The molecule has 49 heavy (non-hydrogen) atoms. The van der Waals surface area contributed by atoms with Gasteiger partial charge in [-0.15, -0.1) is 0 Å². The van der Waals surface area contributed by atoms with Crippen LogP contribution in [-0.2, 0) is 11.2 Å². The summed E-state index contributed by atoms with van der Waals surface area (Å²) in [4.78, 5) is 0. The summed E-state index contributed by atoms with van der Waals surface area (Å²) < 4.78 is 0. The fourth-order valence-corrected chi connectivity index (χ4v) is 9.93. The maximum absolute atomic E-state index is 12.6. The third-order valence-electron chi connectivity index (χ3n) is 12.0. The number of hydrogen-bond donors (Lipinski definition) is 2. The fraction of sp³-hybridized carbons (Fsp3) is 0.378. The quantitative estimate of drug-likeness (QED) is 0.189. The van der Waals surface area contributed by atoms with Crippen LogP contribution >= 0.6 is 23.2 Å². The van der Waals surface area contributed by atoms with Crippen LogP contribution in [0.25, 0.3) is 22.3 Å². The number of fused-ring (bicyclic) bond motifs is 2. The standard InChI is InChI=1S/C45H48Cl2O2/c1-5-30-22-28(2)23-32(25-30)44(4,48)40-15-9-6-12-36(40)35-19-18-34(46)27-39(35)43-29(3)24-33-26-31(43)20-21-45(33,49)41-16-10-7-13-37(41)38-14-8-11-17-42(38)47/h6-19,23-24,27-31,43,48-49H,5,20-22,25-26H2,1-4H3. The van der Waals surface area contributed by atoms with Gasteiger partial charge < -0.3 is 10.2 Å². The molecule has 0 radical (unpaired) electrons. The Morgan fingerprint density at radius 3 is 2.27 bits per heavy atom. The van der Waals surface area contributed by atoms with E-state index in [9.17, 15) is 10.2 Å². The Labute approximate surface area is 302 Å². The van der Waals surface area contributed by atoms with Gasteiger partial charge in [0.15, 0.2) is 0 Å². The zero-order valence-electron chi connectivity index (χ0n) is 29.1. The zero-order chi connectivity index (χ0) is 34.5. The molecule has 254 valence electrons. The first-order chi connectivity index (χ1) is 23.5. The molecular formula is C45H48Cl2O2. The lowest BCUT2D eigenvalue weighted by atomic mass is 9.59. The van der Waals surface area contributed by atoms with Gasteiger partial charge in [-0.05, 0) is 131 Å². The van der Waals surface area contributed by atoms with E-state index in [0.717, 1.165) is 75.2 Å². The molecule has 0 aliphatic heterocycles. The molecule has 3 aliphatic rings. The van der Waals surface area contributed by atoms with Crippen molar-refractivity contribution in [2.24, 2.45) is 23.7 Å². The maximum atomic E-state index is 12.6. The molecule has 7 atom stereocenters. The van der Waals surface area contributed by atoms with Crippen LogP contribution in [0.5, 0.6) is 0 Å². The maximum Gasteiger partial charge on any atom is 0.111 e. The fourth-order valence-electron chi connectivity index (χ4n) is 9.52. The lowest BCUT2D eigenvalue weighted by Crippen LogP contribution is -2.40. The Kier molecular flexibility index (Phi) is 9.48. The molecule has 2 bridgehead atoms. The second-order valence-electron chi connectivity index (χ2n) is 15.2. The summed E-state index contributed by atoms with van der Waals surface area (Å²) in [5.41, 5.74) is 7.31. The minimum atomic E-state index is -1.09. The molecule has 2 nitrogen and oxygen atoms in total. The Hall–Kier alpha value is -3.14. The van der Waals surface area contributed by atoms with E-state index in [1.54, 1.807) is 0 Å². The Morgan fingerprint density at radius 1 is 0.816 bits per heavy atom. The highest BCUT2D eigenvalue weighted by Crippen LogP contribution is 2.56. The van der Waals surface area contributed by atoms with Crippen LogP contribution in [0.4, 0.5) is 0 Å². The van der Waals surface area contributed by atoms with Crippen molar-refractivity contribution in [3.8, 4) is 22.3 Å². The van der Waals surface area contributed by atoms with Crippen molar-refractivity contribution in [1.29, 1.82) is 0 Å². The predicted octanol–water partition coefficient (Wildman–Crippen LogP) is 12.3. The molecule has 0 aromatic heterocycles. The highest BCUT2D eigenvalue weighted by molar-refractivity contribution is 6.33. The highest BCUT2D eigenvalue weighted by atomic mass is 35.5. The zero-order valence-corrected chi connectivity index (χ0v) is 30.6. The summed E-state index contributed by atoms with van der Waals surface area (Å²) >= 11 is 13.5. The van der Waals surface area contributed by atoms with Crippen LogP contribution in [0.15, 0.2) is 114 Å². The molecule has 0 saturated heterocycles. The smallest absolute Gasteiger partial charge is 0.111 e. The van der Waals surface area contributed by atoms with E-state index < -0.39 is 11.2 Å². The molecule has 7 unspecified atom stereocenters. The molecule has 7 rings (SSSR count). The first kappa shape index (κ1) is 34.3. The van der Waals surface area contributed by atoms with Gasteiger partial charge in [-0.25, -0.2) is 0 Å². The predicted molar refractivity (Wildman–Crippen MR) is 205 cm³/mol. The molecule has 4 heteroatoms. The van der Waals surface area contributed by atoms with Gasteiger partial charge in [-0.1, -0.05) is 135 Å². The van der Waals surface area contributed by atoms with Crippen LogP contribution in [0.2, 0.25) is 10.0 Å². The first-order valence-electron chi connectivity index (χ1n) is 18.1. The summed E-state index contributed by atoms with van der Waals surface area (Å²) in [5.74, 6) is 1.77. The van der Waals surface area contributed by atoms with E-state index in [1.165, 1.54) is 12.0 Å². The van der Waals surface area contributed by atoms with Gasteiger partial charge in [0.05, 0.1) is 0 Å². The van der Waals surface area contributed by atoms with E-state index in [-0.39, 0.29) is 11.8 Å². The summed E-state index contributed by atoms with van der Waals surface area (Å²) in [5, 5.41) is 26.4. The minimum Gasteiger partial charge on any atom is -0.381 e. The number of hydrogen-bond acceptors (Lipinski definition) is 2. The van der Waals surface area contributed by atoms with Gasteiger partial charge in [0.2, 0.25) is 0 Å². The Bertz CT molecular complexity index is 1920. The SMILES string of the molecule is CCC1CC(C(C)(O)c2ccccc2-c2ccc(Cl)cc2C2C(C)C=C3CC2CCC3(O)c2ccccc2-c2ccccc2Cl)=CC(C)C1. The monoisotopic (exact) mass is 690 g/mol. The van der Waals surface area contributed by atoms with Crippen molar-refractivity contribution in [3.05, 3.63) is 141 Å². The van der Waals surface area contributed by atoms with Gasteiger partial charge in [-0.3, -0.25) is 0 Å². The molecular weight excluding hydrogens is 643 g/mol. The van der Waals surface area contributed by atoms with E-state index >= 15 is 0 Å². The van der Waals surface area contributed by atoms with Crippen molar-refractivity contribution < 1.29 is 10.2 Å². The molecule has 4 aromatic rings. The Balaban J connectivity index is 1.28. The van der Waals surface area contributed by atoms with E-state index in [0.29, 0.717) is 29.2 Å². The average Bonchev–Trinajstić information content (AvgIpc) is 3.10. The van der Waals surface area contributed by atoms with Crippen LogP contribution in [0.1, 0.15) is 88.8 Å².